The number of hydrogen-bond acceptors (Lipinski definition) is 6. The summed E-state index contributed by atoms with van der Waals surface area (Å²) in [5, 5.41) is 12.5. The average molecular weight is 483 g/mol. The van der Waals surface area contributed by atoms with E-state index in [1.54, 1.807) is 0 Å². The van der Waals surface area contributed by atoms with E-state index < -0.39 is 11.7 Å². The Balaban J connectivity index is 1.92. The molecule has 0 aliphatic rings. The average Bonchev–Trinajstić information content (AvgIpc) is 2.57. The third-order valence-corrected chi connectivity index (χ3v) is 4.05. The Kier molecular flexibility index (Phi) is 7.08. The molecule has 2 aromatic rings. The van der Waals surface area contributed by atoms with Gasteiger partial charge in [0.25, 0.3) is 0 Å². The number of amides is 1. The molecule has 2 rings (SSSR count). The number of carbonyl (C=O) groups excluding carboxylic acids is 1. The minimum Gasteiger partial charge on any atom is -0.444 e. The maximum Gasteiger partial charge on any atom is 0.407 e. The van der Waals surface area contributed by atoms with Gasteiger partial charge in [0.05, 0.1) is 0 Å². The van der Waals surface area contributed by atoms with Gasteiger partial charge in [0.2, 0.25) is 5.82 Å². The molecule has 144 valence electrons. The highest BCUT2D eigenvalue weighted by Gasteiger charge is 2.17. The van der Waals surface area contributed by atoms with Gasteiger partial charge in [-0.05, 0) is 48.9 Å². The number of benzene rings is 1. The van der Waals surface area contributed by atoms with E-state index in [4.69, 9.17) is 15.9 Å². The van der Waals surface area contributed by atoms with Gasteiger partial charge in [-0.15, -0.1) is 0 Å². The Bertz CT molecular complexity index is 818. The molecule has 0 spiro atoms. The van der Waals surface area contributed by atoms with E-state index in [1.807, 2.05) is 72.9 Å². The van der Waals surface area contributed by atoms with Crippen LogP contribution >= 0.6 is 22.6 Å². The Morgan fingerprint density at radius 1 is 1.26 bits per heavy atom. The third kappa shape index (κ3) is 6.75. The van der Waals surface area contributed by atoms with Gasteiger partial charge < -0.3 is 15.8 Å². The zero-order valence-corrected chi connectivity index (χ0v) is 17.7. The van der Waals surface area contributed by atoms with Crippen molar-refractivity contribution in [3.63, 3.8) is 0 Å². The second-order valence-electron chi connectivity index (χ2n) is 6.91. The molecule has 0 aliphatic carbocycles. The van der Waals surface area contributed by atoms with Crippen LogP contribution in [0.1, 0.15) is 37.5 Å². The SMILES string of the molecule is CC(C)(C)OC(=O)NCc1ccc(C[NH2+]c2ncnc(N)c2C(=N)I)cc1. The highest BCUT2D eigenvalue weighted by molar-refractivity contribution is 14.1. The quantitative estimate of drug-likeness (QED) is 0.370. The Morgan fingerprint density at radius 2 is 1.89 bits per heavy atom. The first kappa shape index (κ1) is 21.0. The van der Waals surface area contributed by atoms with E-state index in [0.29, 0.717) is 34.0 Å². The molecule has 9 heteroatoms. The van der Waals surface area contributed by atoms with Crippen LogP contribution in [0.15, 0.2) is 30.6 Å². The lowest BCUT2D eigenvalue weighted by atomic mass is 10.1. The monoisotopic (exact) mass is 483 g/mol. The van der Waals surface area contributed by atoms with Crippen molar-refractivity contribution in [3.05, 3.63) is 47.3 Å². The maximum absolute atomic E-state index is 11.7. The molecule has 1 aromatic heterocycles. The molecule has 0 fully saturated rings. The van der Waals surface area contributed by atoms with Crippen LogP contribution < -0.4 is 16.4 Å². The first-order valence-electron chi connectivity index (χ1n) is 8.38. The van der Waals surface area contributed by atoms with E-state index >= 15 is 0 Å². The first-order chi connectivity index (χ1) is 12.7. The molecule has 0 radical (unpaired) electrons. The smallest absolute Gasteiger partial charge is 0.407 e. The van der Waals surface area contributed by atoms with Crippen molar-refractivity contribution in [2.45, 2.75) is 39.5 Å². The molecule has 1 aromatic carbocycles. The summed E-state index contributed by atoms with van der Waals surface area (Å²) in [5.74, 6) is 0.955. The molecule has 0 saturated carbocycles. The minimum atomic E-state index is -0.513. The number of nitrogens with zero attached hydrogens (tertiary/aromatic N) is 2. The number of halogens is 1. The zero-order chi connectivity index (χ0) is 20.0. The summed E-state index contributed by atoms with van der Waals surface area (Å²) in [6.07, 6.45) is 0.963. The van der Waals surface area contributed by atoms with Crippen LogP contribution in [0.5, 0.6) is 0 Å². The van der Waals surface area contributed by atoms with Crippen LogP contribution in [0.3, 0.4) is 0 Å². The van der Waals surface area contributed by atoms with Crippen molar-refractivity contribution >= 4 is 44.0 Å². The second-order valence-corrected chi connectivity index (χ2v) is 7.99. The van der Waals surface area contributed by atoms with Gasteiger partial charge in [-0.2, -0.15) is 4.98 Å². The van der Waals surface area contributed by atoms with Crippen LogP contribution in [-0.2, 0) is 17.8 Å². The van der Waals surface area contributed by atoms with E-state index in [0.717, 1.165) is 11.1 Å². The van der Waals surface area contributed by atoms with Crippen molar-refractivity contribution in [2.75, 3.05) is 5.73 Å². The highest BCUT2D eigenvalue weighted by atomic mass is 127. The van der Waals surface area contributed by atoms with Crippen LogP contribution in [0, 0.1) is 5.41 Å². The summed E-state index contributed by atoms with van der Waals surface area (Å²) in [6, 6.07) is 7.89. The van der Waals surface area contributed by atoms with Crippen molar-refractivity contribution in [1.82, 2.24) is 15.3 Å². The van der Waals surface area contributed by atoms with E-state index in [9.17, 15) is 4.79 Å². The molecule has 27 heavy (non-hydrogen) atoms. The van der Waals surface area contributed by atoms with Crippen molar-refractivity contribution in [3.8, 4) is 0 Å². The zero-order valence-electron chi connectivity index (χ0n) is 15.5. The molecule has 0 aliphatic heterocycles. The summed E-state index contributed by atoms with van der Waals surface area (Å²) in [4.78, 5) is 19.9. The number of alkyl carbamates (subject to hydrolysis) is 1. The highest BCUT2D eigenvalue weighted by Crippen LogP contribution is 2.17. The molecular formula is C18H24IN6O2+. The molecular weight excluding hydrogens is 459 g/mol. The lowest BCUT2D eigenvalue weighted by molar-refractivity contribution is -0.592. The lowest BCUT2D eigenvalue weighted by Crippen LogP contribution is -2.77. The minimum absolute atomic E-state index is 0.305. The molecule has 0 bridgehead atoms. The van der Waals surface area contributed by atoms with E-state index in [2.05, 4.69) is 15.3 Å². The standard InChI is InChI=1S/C18H23IN6O2/c1-18(2,3)27-17(26)23-9-12-6-4-11(5-7-12)8-22-16-13(14(19)20)15(21)24-10-25-16/h4-7,10,20H,8-9H2,1-3H3,(H,23,26)(H3,21,22,24,25)/p+1. The number of nitrogen functional groups attached to an aromatic ring is 1. The summed E-state index contributed by atoms with van der Waals surface area (Å²) in [7, 11) is 0. The second kappa shape index (κ2) is 9.09. The summed E-state index contributed by atoms with van der Waals surface area (Å²) in [6.45, 7) is 6.53. The van der Waals surface area contributed by atoms with Gasteiger partial charge in [-0.1, -0.05) is 24.3 Å². The number of nitrogens with one attached hydrogen (secondary N) is 2. The van der Waals surface area contributed by atoms with Gasteiger partial charge in [-0.3, -0.25) is 10.7 Å². The summed E-state index contributed by atoms with van der Waals surface area (Å²) >= 11 is 1.90. The molecule has 1 heterocycles. The molecule has 6 N–H and O–H groups in total. The Hall–Kier alpha value is -2.27. The number of anilines is 1. The van der Waals surface area contributed by atoms with Crippen LogP contribution in [-0.4, -0.2) is 25.4 Å². The predicted molar refractivity (Wildman–Crippen MR) is 112 cm³/mol. The van der Waals surface area contributed by atoms with Gasteiger partial charge in [0.15, 0.2) is 0 Å². The largest absolute Gasteiger partial charge is 0.444 e. The van der Waals surface area contributed by atoms with Crippen molar-refractivity contribution < 1.29 is 14.8 Å². The van der Waals surface area contributed by atoms with Gasteiger partial charge in [0, 0.05) is 12.1 Å². The third-order valence-electron chi connectivity index (χ3n) is 3.52. The Morgan fingerprint density at radius 3 is 2.48 bits per heavy atom. The van der Waals surface area contributed by atoms with E-state index in [1.165, 1.54) is 6.33 Å². The fourth-order valence-corrected chi connectivity index (χ4v) is 2.84. The number of rotatable bonds is 6. The van der Waals surface area contributed by atoms with E-state index in [-0.39, 0.29) is 0 Å². The molecule has 0 saturated heterocycles. The van der Waals surface area contributed by atoms with Gasteiger partial charge in [-0.25, -0.2) is 9.78 Å². The fraction of sp³-hybridized carbons (Fsp3) is 0.333. The normalized spacial score (nSPS) is 11.1. The van der Waals surface area contributed by atoms with Crippen molar-refractivity contribution in [2.24, 2.45) is 0 Å². The number of nitrogens with two attached hydrogens (primary N) is 2. The molecule has 0 unspecified atom stereocenters. The number of carbonyl (C=O) groups is 1. The van der Waals surface area contributed by atoms with Crippen molar-refractivity contribution in [1.29, 1.82) is 5.41 Å². The summed E-state index contributed by atoms with van der Waals surface area (Å²) in [5.41, 5.74) is 7.95. The first-order valence-corrected chi connectivity index (χ1v) is 9.46. The van der Waals surface area contributed by atoms with Crippen LogP contribution in [0.25, 0.3) is 0 Å². The Labute approximate surface area is 172 Å². The molecule has 1 amide bonds. The number of aromatic nitrogens is 2. The van der Waals surface area contributed by atoms with Gasteiger partial charge >= 0.3 is 6.09 Å². The van der Waals surface area contributed by atoms with Gasteiger partial charge in [0.1, 0.15) is 33.6 Å². The fourth-order valence-electron chi connectivity index (χ4n) is 2.29. The maximum atomic E-state index is 11.7. The number of quaternary nitrogens is 1. The number of ether oxygens (including phenoxy) is 1. The molecule has 0 atom stereocenters. The topological polar surface area (TPSA) is 131 Å². The predicted octanol–water partition coefficient (Wildman–Crippen LogP) is 2.24. The van der Waals surface area contributed by atoms with Crippen LogP contribution in [0.4, 0.5) is 16.4 Å². The molecule has 8 nitrogen and oxygen atoms in total. The summed E-state index contributed by atoms with van der Waals surface area (Å²) < 4.78 is 5.52. The van der Waals surface area contributed by atoms with Crippen LogP contribution in [0.2, 0.25) is 0 Å². The number of hydrogen-bond donors (Lipinski definition) is 4. The lowest BCUT2D eigenvalue weighted by Gasteiger charge is -2.19.